The molecule has 0 aliphatic rings. The van der Waals surface area contributed by atoms with E-state index in [-0.39, 0.29) is 43.5 Å². The molecule has 0 aliphatic carbocycles. The highest BCUT2D eigenvalue weighted by atomic mass is 32.2. The Balaban J connectivity index is 1.34. The number of fused-ring (bicyclic) bond motifs is 1. The maximum atomic E-state index is 14.8. The molecule has 0 saturated heterocycles. The molecule has 46 heavy (non-hydrogen) atoms. The Bertz CT molecular complexity index is 1830. The monoisotopic (exact) mass is 659 g/mol. The molecule has 16 heteroatoms. The Morgan fingerprint density at radius 2 is 1.87 bits per heavy atom. The molecule has 0 atom stereocenters. The Kier molecular flexibility index (Phi) is 11.2. The molecular weight excluding hydrogens is 624 g/mol. The minimum atomic E-state index is -3.61. The zero-order valence-corrected chi connectivity index (χ0v) is 26.6. The first-order chi connectivity index (χ1) is 21.9. The van der Waals surface area contributed by atoms with Crippen LogP contribution in [0.3, 0.4) is 0 Å². The molecule has 2 amide bonds. The van der Waals surface area contributed by atoms with Crippen molar-refractivity contribution >= 4 is 39.0 Å². The van der Waals surface area contributed by atoms with Gasteiger partial charge in [0.2, 0.25) is 21.7 Å². The maximum absolute atomic E-state index is 14.8. The Labute approximate surface area is 265 Å². The standard InChI is InChI=1S/C30H35F2N7O6S/c1-5-19-16-20(6-7-21(19)30(41)34-11-14-45-15-13-38(2)18-25(40)37-46(4,42)43)36-28-29-35-17-23(39(29)12-10-33-28)22-8-9-24(44-3)27(32)26(22)31/h6-10,12,16-17H,5,11,13-15,18H2,1-4H3,(H,33,36)(H,34,41)(H,37,40). The summed E-state index contributed by atoms with van der Waals surface area (Å²) >= 11 is 0. The number of anilines is 2. The number of likely N-dealkylation sites (N-methyl/N-ethyl adjacent to an activating group) is 1. The number of hydrogen-bond acceptors (Lipinski definition) is 10. The van der Waals surface area contributed by atoms with Crippen LogP contribution >= 0.6 is 0 Å². The van der Waals surface area contributed by atoms with Gasteiger partial charge in [0.25, 0.3) is 5.91 Å². The van der Waals surface area contributed by atoms with E-state index in [1.54, 1.807) is 34.7 Å². The van der Waals surface area contributed by atoms with Crippen molar-refractivity contribution in [3.05, 3.63) is 71.7 Å². The van der Waals surface area contributed by atoms with Gasteiger partial charge >= 0.3 is 0 Å². The molecule has 246 valence electrons. The van der Waals surface area contributed by atoms with Crippen LogP contribution in [0.5, 0.6) is 5.75 Å². The van der Waals surface area contributed by atoms with Crippen LogP contribution < -0.4 is 20.1 Å². The second kappa shape index (κ2) is 15.1. The smallest absolute Gasteiger partial charge is 0.251 e. The van der Waals surface area contributed by atoms with Crippen molar-refractivity contribution in [1.29, 1.82) is 0 Å². The Hall–Kier alpha value is -4.67. The van der Waals surface area contributed by atoms with Gasteiger partial charge in [0.1, 0.15) is 0 Å². The third kappa shape index (κ3) is 8.52. The molecule has 4 rings (SSSR count). The summed E-state index contributed by atoms with van der Waals surface area (Å²) in [7, 11) is -0.684. The zero-order chi connectivity index (χ0) is 33.4. The van der Waals surface area contributed by atoms with E-state index in [0.29, 0.717) is 41.4 Å². The number of amides is 2. The van der Waals surface area contributed by atoms with Crippen LogP contribution in [-0.2, 0) is 26.0 Å². The molecule has 0 spiro atoms. The van der Waals surface area contributed by atoms with Crippen molar-refractivity contribution in [3.63, 3.8) is 0 Å². The van der Waals surface area contributed by atoms with Crippen molar-refractivity contribution in [2.75, 3.05) is 58.6 Å². The van der Waals surface area contributed by atoms with Gasteiger partial charge in [-0.2, -0.15) is 4.39 Å². The van der Waals surface area contributed by atoms with E-state index in [1.165, 1.54) is 31.6 Å². The first kappa shape index (κ1) is 34.2. The van der Waals surface area contributed by atoms with Crippen molar-refractivity contribution in [1.82, 2.24) is 29.3 Å². The third-order valence-electron chi connectivity index (χ3n) is 6.83. The SMILES string of the molecule is CCc1cc(Nc2nccn3c(-c4ccc(OC)c(F)c4F)cnc23)ccc1C(=O)NCCOCCN(C)CC(=O)NS(C)(=O)=O. The lowest BCUT2D eigenvalue weighted by molar-refractivity contribution is -0.120. The number of nitrogens with one attached hydrogen (secondary N) is 3. The largest absolute Gasteiger partial charge is 0.494 e. The Morgan fingerprint density at radius 1 is 1.09 bits per heavy atom. The maximum Gasteiger partial charge on any atom is 0.251 e. The number of aromatic nitrogens is 3. The number of carbonyl (C=O) groups excluding carboxylic acids is 2. The molecule has 2 heterocycles. The summed E-state index contributed by atoms with van der Waals surface area (Å²) in [5, 5.41) is 6.03. The topological polar surface area (TPSA) is 156 Å². The van der Waals surface area contributed by atoms with E-state index in [1.807, 2.05) is 17.7 Å². The summed E-state index contributed by atoms with van der Waals surface area (Å²) in [6.45, 7) is 2.99. The molecule has 0 aliphatic heterocycles. The summed E-state index contributed by atoms with van der Waals surface area (Å²) in [5.41, 5.74) is 2.66. The van der Waals surface area contributed by atoms with E-state index in [2.05, 4.69) is 20.6 Å². The summed E-state index contributed by atoms with van der Waals surface area (Å²) in [5.74, 6) is -2.87. The predicted molar refractivity (Wildman–Crippen MR) is 168 cm³/mol. The second-order valence-electron chi connectivity index (χ2n) is 10.3. The van der Waals surface area contributed by atoms with Gasteiger partial charge in [-0.15, -0.1) is 0 Å². The van der Waals surface area contributed by atoms with Crippen LogP contribution in [0.4, 0.5) is 20.3 Å². The number of hydrogen-bond donors (Lipinski definition) is 3. The number of imidazole rings is 1. The van der Waals surface area contributed by atoms with Crippen LogP contribution in [0.15, 0.2) is 48.9 Å². The van der Waals surface area contributed by atoms with Gasteiger partial charge in [-0.25, -0.2) is 22.8 Å². The highest BCUT2D eigenvalue weighted by molar-refractivity contribution is 7.89. The normalized spacial score (nSPS) is 11.5. The van der Waals surface area contributed by atoms with Gasteiger partial charge < -0.3 is 20.1 Å². The van der Waals surface area contributed by atoms with Crippen molar-refractivity contribution < 1.29 is 36.3 Å². The van der Waals surface area contributed by atoms with Crippen LogP contribution in [-0.4, -0.2) is 92.8 Å². The van der Waals surface area contributed by atoms with Gasteiger partial charge in [-0.1, -0.05) is 6.92 Å². The fourth-order valence-electron chi connectivity index (χ4n) is 4.63. The van der Waals surface area contributed by atoms with E-state index in [9.17, 15) is 26.8 Å². The Morgan fingerprint density at radius 3 is 2.59 bits per heavy atom. The second-order valence-corrected chi connectivity index (χ2v) is 12.1. The average Bonchev–Trinajstić information content (AvgIpc) is 3.44. The number of nitrogens with zero attached hydrogens (tertiary/aromatic N) is 4. The molecule has 3 N–H and O–H groups in total. The van der Waals surface area contributed by atoms with E-state index in [0.717, 1.165) is 11.8 Å². The molecule has 0 radical (unpaired) electrons. The number of rotatable bonds is 15. The lowest BCUT2D eigenvalue weighted by atomic mass is 10.0. The molecule has 2 aromatic carbocycles. The number of sulfonamides is 1. The minimum Gasteiger partial charge on any atom is -0.494 e. The number of benzene rings is 2. The molecule has 2 aromatic heterocycles. The van der Waals surface area contributed by atoms with Crippen molar-refractivity contribution in [3.8, 4) is 17.0 Å². The van der Waals surface area contributed by atoms with E-state index in [4.69, 9.17) is 9.47 Å². The fraction of sp³-hybridized carbons (Fsp3) is 0.333. The number of aryl methyl sites for hydroxylation is 1. The molecule has 13 nitrogen and oxygen atoms in total. The van der Waals surface area contributed by atoms with Gasteiger partial charge in [-0.3, -0.25) is 23.6 Å². The fourth-order valence-corrected chi connectivity index (χ4v) is 5.11. The molecule has 0 unspecified atom stereocenters. The van der Waals surface area contributed by atoms with E-state index >= 15 is 0 Å². The quantitative estimate of drug-likeness (QED) is 0.162. The van der Waals surface area contributed by atoms with Crippen molar-refractivity contribution in [2.45, 2.75) is 13.3 Å². The van der Waals surface area contributed by atoms with Crippen LogP contribution in [0.25, 0.3) is 16.9 Å². The summed E-state index contributed by atoms with van der Waals surface area (Å²) in [6, 6.07) is 8.02. The summed E-state index contributed by atoms with van der Waals surface area (Å²) in [6.07, 6.45) is 6.02. The first-order valence-corrected chi connectivity index (χ1v) is 16.1. The number of carbonyl (C=O) groups is 2. The molecule has 0 saturated carbocycles. The number of halogens is 2. The molecule has 4 aromatic rings. The molecular formula is C30H35F2N7O6S. The molecule has 0 bridgehead atoms. The van der Waals surface area contributed by atoms with E-state index < -0.39 is 27.6 Å². The van der Waals surface area contributed by atoms with Crippen LogP contribution in [0, 0.1) is 11.6 Å². The summed E-state index contributed by atoms with van der Waals surface area (Å²) < 4.78 is 65.3. The minimum absolute atomic E-state index is 0.0142. The van der Waals surface area contributed by atoms with Gasteiger partial charge in [0.05, 0.1) is 45.0 Å². The molecule has 0 fully saturated rings. The highest BCUT2D eigenvalue weighted by Gasteiger charge is 2.19. The lowest BCUT2D eigenvalue weighted by Gasteiger charge is -2.16. The number of methoxy groups -OCH3 is 1. The summed E-state index contributed by atoms with van der Waals surface area (Å²) in [4.78, 5) is 34.9. The van der Waals surface area contributed by atoms with Crippen LogP contribution in [0.1, 0.15) is 22.8 Å². The average molecular weight is 660 g/mol. The number of ether oxygens (including phenoxy) is 2. The lowest BCUT2D eigenvalue weighted by Crippen LogP contribution is -2.39. The highest BCUT2D eigenvalue weighted by Crippen LogP contribution is 2.31. The van der Waals surface area contributed by atoms with Crippen molar-refractivity contribution in [2.24, 2.45) is 0 Å². The van der Waals surface area contributed by atoms with Gasteiger partial charge in [-0.05, 0) is 49.4 Å². The van der Waals surface area contributed by atoms with Gasteiger partial charge in [0, 0.05) is 42.3 Å². The van der Waals surface area contributed by atoms with Crippen LogP contribution in [0.2, 0.25) is 0 Å². The van der Waals surface area contributed by atoms with Gasteiger partial charge in [0.15, 0.2) is 23.0 Å². The predicted octanol–water partition coefficient (Wildman–Crippen LogP) is 2.74. The third-order valence-corrected chi connectivity index (χ3v) is 7.42. The zero-order valence-electron chi connectivity index (χ0n) is 25.8. The first-order valence-electron chi connectivity index (χ1n) is 14.2.